The van der Waals surface area contributed by atoms with Crippen LogP contribution in [0.1, 0.15) is 70.6 Å². The second-order valence-corrected chi connectivity index (χ2v) is 7.21. The quantitative estimate of drug-likeness (QED) is 0.733. The van der Waals surface area contributed by atoms with Gasteiger partial charge in [-0.2, -0.15) is 0 Å². The Morgan fingerprint density at radius 3 is 2.45 bits per heavy atom. The molecule has 3 fully saturated rings. The summed E-state index contributed by atoms with van der Waals surface area (Å²) in [5.74, 6) is 2.28. The predicted octanol–water partition coefficient (Wildman–Crippen LogP) is 2.99. The van der Waals surface area contributed by atoms with E-state index in [-0.39, 0.29) is 5.91 Å². The highest BCUT2D eigenvalue weighted by Crippen LogP contribution is 2.40. The van der Waals surface area contributed by atoms with Crippen LogP contribution in [0.5, 0.6) is 0 Å². The van der Waals surface area contributed by atoms with Crippen molar-refractivity contribution in [3.63, 3.8) is 0 Å². The van der Waals surface area contributed by atoms with Gasteiger partial charge in [0, 0.05) is 18.5 Å². The Bertz CT molecular complexity index is 327. The van der Waals surface area contributed by atoms with E-state index >= 15 is 0 Å². The van der Waals surface area contributed by atoms with Gasteiger partial charge >= 0.3 is 0 Å². The highest BCUT2D eigenvalue weighted by Gasteiger charge is 2.31. The van der Waals surface area contributed by atoms with Crippen LogP contribution < -0.4 is 10.6 Å². The van der Waals surface area contributed by atoms with E-state index in [4.69, 9.17) is 0 Å². The molecular formula is C17H30N2O. The van der Waals surface area contributed by atoms with Crippen LogP contribution >= 0.6 is 0 Å². The van der Waals surface area contributed by atoms with Crippen molar-refractivity contribution in [2.24, 2.45) is 11.8 Å². The van der Waals surface area contributed by atoms with E-state index in [9.17, 15) is 4.79 Å². The number of hydrogen-bond donors (Lipinski definition) is 2. The average Bonchev–Trinajstić information content (AvgIpc) is 3.27. The summed E-state index contributed by atoms with van der Waals surface area (Å²) in [4.78, 5) is 11.6. The maximum Gasteiger partial charge on any atom is 0.220 e. The van der Waals surface area contributed by atoms with Gasteiger partial charge in [-0.3, -0.25) is 4.79 Å². The molecule has 3 aliphatic carbocycles. The third-order valence-electron chi connectivity index (χ3n) is 5.50. The number of amides is 1. The lowest BCUT2D eigenvalue weighted by atomic mass is 9.69. The van der Waals surface area contributed by atoms with Gasteiger partial charge in [0.15, 0.2) is 0 Å². The molecule has 0 aromatic carbocycles. The lowest BCUT2D eigenvalue weighted by molar-refractivity contribution is -0.121. The van der Waals surface area contributed by atoms with E-state index in [1.54, 1.807) is 0 Å². The van der Waals surface area contributed by atoms with Gasteiger partial charge in [0.05, 0.1) is 0 Å². The van der Waals surface area contributed by atoms with Crippen LogP contribution in [0.25, 0.3) is 0 Å². The summed E-state index contributed by atoms with van der Waals surface area (Å²) in [6, 6.07) is 1.23. The fourth-order valence-electron chi connectivity index (χ4n) is 4.14. The third kappa shape index (κ3) is 4.21. The molecule has 0 heterocycles. The fourth-order valence-corrected chi connectivity index (χ4v) is 4.14. The summed E-state index contributed by atoms with van der Waals surface area (Å²) in [6.07, 6.45) is 14.1. The number of hydrogen-bond acceptors (Lipinski definition) is 2. The molecule has 3 nitrogen and oxygen atoms in total. The maximum atomic E-state index is 11.6. The molecule has 114 valence electrons. The molecule has 3 saturated carbocycles. The zero-order valence-corrected chi connectivity index (χ0v) is 12.7. The molecule has 0 aromatic rings. The average molecular weight is 278 g/mol. The number of carbonyl (C=O) groups is 1. The van der Waals surface area contributed by atoms with E-state index in [2.05, 4.69) is 10.6 Å². The number of nitrogens with one attached hydrogen (secondary N) is 2. The Morgan fingerprint density at radius 1 is 0.900 bits per heavy atom. The minimum absolute atomic E-state index is 0.255. The second kappa shape index (κ2) is 6.93. The Kier molecular flexibility index (Phi) is 4.98. The predicted molar refractivity (Wildman–Crippen MR) is 81.5 cm³/mol. The molecule has 3 rings (SSSR count). The fraction of sp³-hybridized carbons (Fsp3) is 0.941. The monoisotopic (exact) mass is 278 g/mol. The standard InChI is InChI=1S/C17H30N2O/c20-17(19-15-9-10-15)6-3-11-18-16-8-7-13-4-1-2-5-14(13)12-16/h13-16,18H,1-12H2,(H,19,20). The second-order valence-electron chi connectivity index (χ2n) is 7.21. The Labute approximate surface area is 123 Å². The molecule has 3 unspecified atom stereocenters. The van der Waals surface area contributed by atoms with Crippen LogP contribution in [0.15, 0.2) is 0 Å². The summed E-state index contributed by atoms with van der Waals surface area (Å²) in [6.45, 7) is 1.01. The Hall–Kier alpha value is -0.570. The first-order chi connectivity index (χ1) is 9.81. The van der Waals surface area contributed by atoms with Crippen molar-refractivity contribution in [1.29, 1.82) is 0 Å². The highest BCUT2D eigenvalue weighted by atomic mass is 16.1. The molecular weight excluding hydrogens is 248 g/mol. The first-order valence-electron chi connectivity index (χ1n) is 8.84. The van der Waals surface area contributed by atoms with Crippen LogP contribution in [-0.4, -0.2) is 24.5 Å². The van der Waals surface area contributed by atoms with E-state index < -0.39 is 0 Å². The van der Waals surface area contributed by atoms with E-state index in [1.807, 2.05) is 0 Å². The van der Waals surface area contributed by atoms with Gasteiger partial charge in [-0.1, -0.05) is 25.7 Å². The van der Waals surface area contributed by atoms with Gasteiger partial charge in [0.25, 0.3) is 0 Å². The largest absolute Gasteiger partial charge is 0.353 e. The van der Waals surface area contributed by atoms with Crippen molar-refractivity contribution < 1.29 is 4.79 Å². The lowest BCUT2D eigenvalue weighted by Crippen LogP contribution is -2.39. The molecule has 3 atom stereocenters. The van der Waals surface area contributed by atoms with Gasteiger partial charge in [-0.15, -0.1) is 0 Å². The molecule has 0 radical (unpaired) electrons. The zero-order valence-electron chi connectivity index (χ0n) is 12.7. The molecule has 20 heavy (non-hydrogen) atoms. The smallest absolute Gasteiger partial charge is 0.220 e. The first-order valence-corrected chi connectivity index (χ1v) is 8.84. The summed E-state index contributed by atoms with van der Waals surface area (Å²) in [5, 5.41) is 6.76. The van der Waals surface area contributed by atoms with Gasteiger partial charge in [-0.25, -0.2) is 0 Å². The molecule has 0 aliphatic heterocycles. The number of carbonyl (C=O) groups excluding carboxylic acids is 1. The van der Waals surface area contributed by atoms with Crippen LogP contribution in [0.2, 0.25) is 0 Å². The normalized spacial score (nSPS) is 33.5. The number of rotatable bonds is 6. The van der Waals surface area contributed by atoms with Crippen LogP contribution in [0, 0.1) is 11.8 Å². The van der Waals surface area contributed by atoms with Crippen molar-refractivity contribution in [3.8, 4) is 0 Å². The highest BCUT2D eigenvalue weighted by molar-refractivity contribution is 5.76. The molecule has 1 amide bonds. The van der Waals surface area contributed by atoms with Crippen molar-refractivity contribution in [2.45, 2.75) is 82.7 Å². The minimum atomic E-state index is 0.255. The van der Waals surface area contributed by atoms with Crippen molar-refractivity contribution in [1.82, 2.24) is 10.6 Å². The van der Waals surface area contributed by atoms with Crippen LogP contribution in [0.4, 0.5) is 0 Å². The Balaban J connectivity index is 1.27. The van der Waals surface area contributed by atoms with E-state index in [0.29, 0.717) is 12.5 Å². The topological polar surface area (TPSA) is 41.1 Å². The van der Waals surface area contributed by atoms with Gasteiger partial charge in [0.2, 0.25) is 5.91 Å². The number of fused-ring (bicyclic) bond motifs is 1. The molecule has 3 aliphatic rings. The summed E-state index contributed by atoms with van der Waals surface area (Å²) in [7, 11) is 0. The van der Waals surface area contributed by atoms with Crippen molar-refractivity contribution in [2.75, 3.05) is 6.54 Å². The SMILES string of the molecule is O=C(CCCNC1CCC2CCCCC2C1)NC1CC1. The lowest BCUT2D eigenvalue weighted by Gasteiger charge is -2.39. The van der Waals surface area contributed by atoms with Gasteiger partial charge < -0.3 is 10.6 Å². The summed E-state index contributed by atoms with van der Waals surface area (Å²) in [5.41, 5.74) is 0. The van der Waals surface area contributed by atoms with Crippen molar-refractivity contribution >= 4 is 5.91 Å². The molecule has 0 saturated heterocycles. The molecule has 0 aromatic heterocycles. The maximum absolute atomic E-state index is 11.6. The first kappa shape index (κ1) is 14.4. The van der Waals surface area contributed by atoms with E-state index in [0.717, 1.165) is 30.8 Å². The molecule has 3 heteroatoms. The third-order valence-corrected chi connectivity index (χ3v) is 5.50. The van der Waals surface area contributed by atoms with Crippen LogP contribution in [-0.2, 0) is 4.79 Å². The minimum Gasteiger partial charge on any atom is -0.353 e. The molecule has 0 bridgehead atoms. The zero-order chi connectivity index (χ0) is 13.8. The van der Waals surface area contributed by atoms with Gasteiger partial charge in [0.1, 0.15) is 0 Å². The van der Waals surface area contributed by atoms with Crippen LogP contribution in [0.3, 0.4) is 0 Å². The van der Waals surface area contributed by atoms with Crippen molar-refractivity contribution in [3.05, 3.63) is 0 Å². The summed E-state index contributed by atoms with van der Waals surface area (Å²) >= 11 is 0. The molecule has 2 N–H and O–H groups in total. The molecule has 0 spiro atoms. The summed E-state index contributed by atoms with van der Waals surface area (Å²) < 4.78 is 0. The Morgan fingerprint density at radius 2 is 1.65 bits per heavy atom. The van der Waals surface area contributed by atoms with E-state index in [1.165, 1.54) is 57.8 Å². The van der Waals surface area contributed by atoms with Gasteiger partial charge in [-0.05, 0) is 56.9 Å².